The fourth-order valence-corrected chi connectivity index (χ4v) is 4.73. The predicted molar refractivity (Wildman–Crippen MR) is 115 cm³/mol. The average Bonchev–Trinajstić information content (AvgIpc) is 3.44. The molecule has 1 saturated carbocycles. The van der Waals surface area contributed by atoms with Crippen LogP contribution in [-0.4, -0.2) is 22.1 Å². The Bertz CT molecular complexity index is 923. The number of anilines is 2. The van der Waals surface area contributed by atoms with E-state index in [0.717, 1.165) is 40.0 Å². The highest BCUT2D eigenvalue weighted by atomic mass is 32.2. The van der Waals surface area contributed by atoms with Gasteiger partial charge in [-0.3, -0.25) is 4.79 Å². The number of rotatable bonds is 8. The van der Waals surface area contributed by atoms with Gasteiger partial charge >= 0.3 is 0 Å². The minimum absolute atomic E-state index is 0.0403. The van der Waals surface area contributed by atoms with E-state index in [1.165, 1.54) is 28.7 Å². The lowest BCUT2D eigenvalue weighted by Crippen LogP contribution is -2.29. The van der Waals surface area contributed by atoms with Crippen LogP contribution in [0, 0.1) is 0 Å². The van der Waals surface area contributed by atoms with Crippen LogP contribution in [-0.2, 0) is 11.2 Å². The van der Waals surface area contributed by atoms with E-state index < -0.39 is 0 Å². The summed E-state index contributed by atoms with van der Waals surface area (Å²) in [7, 11) is 0. The number of hydrogen-bond donors (Lipinski definition) is 2. The summed E-state index contributed by atoms with van der Waals surface area (Å²) in [6.07, 6.45) is 3.16. The van der Waals surface area contributed by atoms with E-state index in [-0.39, 0.29) is 11.2 Å². The van der Waals surface area contributed by atoms with Gasteiger partial charge in [0, 0.05) is 11.7 Å². The molecule has 1 aliphatic carbocycles. The highest BCUT2D eigenvalue weighted by Crippen LogP contribution is 2.39. The summed E-state index contributed by atoms with van der Waals surface area (Å²) in [4.78, 5) is 12.8. The first-order valence-electron chi connectivity index (χ1n) is 9.42. The fraction of sp³-hybridized carbons (Fsp3) is 0.286. The Hall–Kier alpha value is -2.38. The van der Waals surface area contributed by atoms with Crippen molar-refractivity contribution in [3.05, 3.63) is 65.7 Å². The molecule has 1 aromatic heterocycles. The van der Waals surface area contributed by atoms with Gasteiger partial charge in [0.2, 0.25) is 11.0 Å². The molecule has 0 unspecified atom stereocenters. The van der Waals surface area contributed by atoms with Gasteiger partial charge in [-0.25, -0.2) is 0 Å². The van der Waals surface area contributed by atoms with Crippen molar-refractivity contribution in [2.75, 3.05) is 5.32 Å². The maximum absolute atomic E-state index is 12.8. The fourth-order valence-electron chi connectivity index (χ4n) is 2.76. The molecule has 0 radical (unpaired) electrons. The van der Waals surface area contributed by atoms with Crippen molar-refractivity contribution in [1.29, 1.82) is 0 Å². The Labute approximate surface area is 173 Å². The van der Waals surface area contributed by atoms with Crippen LogP contribution < -0.4 is 10.6 Å². The van der Waals surface area contributed by atoms with Crippen LogP contribution >= 0.6 is 23.1 Å². The second-order valence-corrected chi connectivity index (χ2v) is 9.07. The quantitative estimate of drug-likeness (QED) is 0.514. The van der Waals surface area contributed by atoms with Crippen molar-refractivity contribution in [1.82, 2.24) is 15.5 Å². The maximum Gasteiger partial charge on any atom is 0.238 e. The molecule has 4 rings (SSSR count). The van der Waals surface area contributed by atoms with Crippen LogP contribution in [0.3, 0.4) is 0 Å². The predicted octanol–water partition coefficient (Wildman–Crippen LogP) is 4.96. The molecule has 1 atom stereocenters. The van der Waals surface area contributed by atoms with Crippen molar-refractivity contribution >= 4 is 39.8 Å². The van der Waals surface area contributed by atoms with Gasteiger partial charge in [0.15, 0.2) is 4.34 Å². The highest BCUT2D eigenvalue weighted by molar-refractivity contribution is 8.01. The summed E-state index contributed by atoms with van der Waals surface area (Å²) in [5.41, 5.74) is 3.26. The van der Waals surface area contributed by atoms with Gasteiger partial charge in [0.25, 0.3) is 0 Å². The SMILES string of the molecule is CCc1ccc(Nc2nnc(S[C@@H](C(=O)NC3CC3)c3ccccc3)s2)cc1. The number of nitrogens with one attached hydrogen (secondary N) is 2. The zero-order valence-electron chi connectivity index (χ0n) is 15.6. The van der Waals surface area contributed by atoms with Crippen LogP contribution in [0.25, 0.3) is 0 Å². The lowest BCUT2D eigenvalue weighted by atomic mass is 10.1. The number of benzene rings is 2. The minimum atomic E-state index is -0.327. The molecule has 0 saturated heterocycles. The van der Waals surface area contributed by atoms with Gasteiger partial charge in [0.05, 0.1) is 0 Å². The lowest BCUT2D eigenvalue weighted by Gasteiger charge is -2.15. The minimum Gasteiger partial charge on any atom is -0.352 e. The Balaban J connectivity index is 1.46. The van der Waals surface area contributed by atoms with Crippen molar-refractivity contribution < 1.29 is 4.79 Å². The molecule has 3 aromatic rings. The Kier molecular flexibility index (Phi) is 5.92. The van der Waals surface area contributed by atoms with Crippen LogP contribution in [0.2, 0.25) is 0 Å². The number of nitrogens with zero attached hydrogens (tertiary/aromatic N) is 2. The summed E-state index contributed by atoms with van der Waals surface area (Å²) in [6, 6.07) is 18.5. The number of thioether (sulfide) groups is 1. The molecule has 0 bridgehead atoms. The van der Waals surface area contributed by atoms with E-state index in [9.17, 15) is 4.79 Å². The molecule has 2 N–H and O–H groups in total. The van der Waals surface area contributed by atoms with Crippen LogP contribution in [0.1, 0.15) is 36.1 Å². The Morgan fingerprint density at radius 3 is 2.57 bits per heavy atom. The lowest BCUT2D eigenvalue weighted by molar-refractivity contribution is -0.120. The molecule has 1 heterocycles. The van der Waals surface area contributed by atoms with E-state index in [4.69, 9.17) is 0 Å². The molecule has 1 aliphatic rings. The van der Waals surface area contributed by atoms with Gasteiger partial charge in [-0.1, -0.05) is 72.5 Å². The van der Waals surface area contributed by atoms with Crippen molar-refractivity contribution in [2.24, 2.45) is 0 Å². The molecule has 28 heavy (non-hydrogen) atoms. The van der Waals surface area contributed by atoms with E-state index in [1.807, 2.05) is 42.5 Å². The van der Waals surface area contributed by atoms with Crippen molar-refractivity contribution in [2.45, 2.75) is 41.8 Å². The molecule has 2 aromatic carbocycles. The number of aryl methyl sites for hydroxylation is 1. The molecule has 1 fully saturated rings. The molecule has 5 nitrogen and oxygen atoms in total. The van der Waals surface area contributed by atoms with E-state index in [0.29, 0.717) is 6.04 Å². The third-order valence-electron chi connectivity index (χ3n) is 4.50. The third-order valence-corrected chi connectivity index (χ3v) is 6.68. The van der Waals surface area contributed by atoms with Gasteiger partial charge < -0.3 is 10.6 Å². The van der Waals surface area contributed by atoms with Gasteiger partial charge in [-0.15, -0.1) is 10.2 Å². The number of hydrogen-bond acceptors (Lipinski definition) is 6. The summed E-state index contributed by atoms with van der Waals surface area (Å²) in [6.45, 7) is 2.14. The third kappa shape index (κ3) is 4.91. The second kappa shape index (κ2) is 8.75. The maximum atomic E-state index is 12.8. The first-order chi connectivity index (χ1) is 13.7. The molecular weight excluding hydrogens is 388 g/mol. The first-order valence-corrected chi connectivity index (χ1v) is 11.1. The van der Waals surface area contributed by atoms with E-state index >= 15 is 0 Å². The van der Waals surface area contributed by atoms with Crippen LogP contribution in [0.15, 0.2) is 58.9 Å². The van der Waals surface area contributed by atoms with Crippen molar-refractivity contribution in [3.63, 3.8) is 0 Å². The van der Waals surface area contributed by atoms with E-state index in [2.05, 4.69) is 39.9 Å². The Morgan fingerprint density at radius 2 is 1.89 bits per heavy atom. The highest BCUT2D eigenvalue weighted by Gasteiger charge is 2.29. The summed E-state index contributed by atoms with van der Waals surface area (Å²) in [5.74, 6) is 0.0403. The molecule has 0 spiro atoms. The largest absolute Gasteiger partial charge is 0.352 e. The molecule has 1 amide bonds. The van der Waals surface area contributed by atoms with E-state index in [1.54, 1.807) is 0 Å². The smallest absolute Gasteiger partial charge is 0.238 e. The second-order valence-electron chi connectivity index (χ2n) is 6.74. The van der Waals surface area contributed by atoms with Gasteiger partial charge in [-0.05, 0) is 42.5 Å². The number of carbonyl (C=O) groups is 1. The zero-order valence-corrected chi connectivity index (χ0v) is 17.2. The summed E-state index contributed by atoms with van der Waals surface area (Å²) >= 11 is 2.91. The summed E-state index contributed by atoms with van der Waals surface area (Å²) < 4.78 is 0.771. The van der Waals surface area contributed by atoms with Gasteiger partial charge in [-0.2, -0.15) is 0 Å². The zero-order chi connectivity index (χ0) is 19.3. The molecular formula is C21H22N4OS2. The van der Waals surface area contributed by atoms with Crippen LogP contribution in [0.5, 0.6) is 0 Å². The van der Waals surface area contributed by atoms with Crippen molar-refractivity contribution in [3.8, 4) is 0 Å². The van der Waals surface area contributed by atoms with Crippen LogP contribution in [0.4, 0.5) is 10.8 Å². The molecule has 144 valence electrons. The topological polar surface area (TPSA) is 66.9 Å². The molecule has 0 aliphatic heterocycles. The molecule has 7 heteroatoms. The Morgan fingerprint density at radius 1 is 1.14 bits per heavy atom. The standard InChI is InChI=1S/C21H22N4OS2/c1-2-14-8-10-17(11-9-14)23-20-24-25-21(28-20)27-18(15-6-4-3-5-7-15)19(26)22-16-12-13-16/h3-11,16,18H,2,12-13H2,1H3,(H,22,26)(H,23,24)/t18-/m1/s1. The normalized spacial score (nSPS) is 14.5. The number of amides is 1. The average molecular weight is 411 g/mol. The number of aromatic nitrogens is 2. The summed E-state index contributed by atoms with van der Waals surface area (Å²) in [5, 5.41) is 15.3. The monoisotopic (exact) mass is 410 g/mol. The first kappa shape index (κ1) is 19.0. The van der Waals surface area contributed by atoms with Gasteiger partial charge in [0.1, 0.15) is 5.25 Å². The number of carbonyl (C=O) groups excluding carboxylic acids is 1.